The molecule has 0 saturated carbocycles. The number of rotatable bonds is 4. The van der Waals surface area contributed by atoms with Gasteiger partial charge in [-0.2, -0.15) is 0 Å². The minimum atomic E-state index is -0.273. The summed E-state index contributed by atoms with van der Waals surface area (Å²) < 4.78 is 19.1. The maximum Gasteiger partial charge on any atom is 0.187 e. The van der Waals surface area contributed by atoms with E-state index in [0.29, 0.717) is 30.0 Å². The highest BCUT2D eigenvalue weighted by atomic mass is 19.1. The molecule has 0 unspecified atom stereocenters. The van der Waals surface area contributed by atoms with E-state index in [-0.39, 0.29) is 5.82 Å². The van der Waals surface area contributed by atoms with E-state index >= 15 is 0 Å². The molecule has 5 nitrogen and oxygen atoms in total. The summed E-state index contributed by atoms with van der Waals surface area (Å²) in [6.45, 7) is 5.07. The quantitative estimate of drug-likeness (QED) is 0.838. The normalized spacial score (nSPS) is 20.7. The Morgan fingerprint density at radius 3 is 2.78 bits per heavy atom. The van der Waals surface area contributed by atoms with Crippen LogP contribution in [0.5, 0.6) is 0 Å². The molecule has 0 radical (unpaired) electrons. The van der Waals surface area contributed by atoms with Gasteiger partial charge in [0, 0.05) is 19.1 Å². The summed E-state index contributed by atoms with van der Waals surface area (Å²) >= 11 is 0. The van der Waals surface area contributed by atoms with Crippen LogP contribution in [0.3, 0.4) is 0 Å². The predicted octanol–water partition coefficient (Wildman–Crippen LogP) is 0.355. The summed E-state index contributed by atoms with van der Waals surface area (Å²) in [6, 6.07) is 0.886. The Bertz CT molecular complexity index is 432. The molecule has 2 fully saturated rings. The number of hydrogen-bond donors (Lipinski definition) is 1. The van der Waals surface area contributed by atoms with Gasteiger partial charge in [0.25, 0.3) is 0 Å². The zero-order valence-corrected chi connectivity index (χ0v) is 10.4. The van der Waals surface area contributed by atoms with Crippen molar-refractivity contribution in [3.8, 4) is 0 Å². The van der Waals surface area contributed by atoms with Crippen LogP contribution in [0.1, 0.15) is 12.6 Å². The maximum atomic E-state index is 14.0. The van der Waals surface area contributed by atoms with Gasteiger partial charge < -0.3 is 15.0 Å². The van der Waals surface area contributed by atoms with Gasteiger partial charge in [-0.3, -0.25) is 0 Å². The SMILES string of the molecule is CCc1ncnc(N2CC(NC3COC3)C2)c1F. The molecule has 1 aromatic heterocycles. The highest BCUT2D eigenvalue weighted by Crippen LogP contribution is 2.23. The minimum Gasteiger partial charge on any atom is -0.378 e. The Labute approximate surface area is 105 Å². The summed E-state index contributed by atoms with van der Waals surface area (Å²) in [5.41, 5.74) is 0.490. The van der Waals surface area contributed by atoms with E-state index in [9.17, 15) is 4.39 Å². The average molecular weight is 252 g/mol. The van der Waals surface area contributed by atoms with Crippen LogP contribution in [0.25, 0.3) is 0 Å². The third kappa shape index (κ3) is 2.06. The minimum absolute atomic E-state index is 0.273. The lowest BCUT2D eigenvalue weighted by Crippen LogP contribution is -2.63. The van der Waals surface area contributed by atoms with Gasteiger partial charge in [0.1, 0.15) is 6.33 Å². The Kier molecular flexibility index (Phi) is 3.13. The van der Waals surface area contributed by atoms with Crippen LogP contribution in [0.2, 0.25) is 0 Å². The van der Waals surface area contributed by atoms with Crippen molar-refractivity contribution in [2.45, 2.75) is 25.4 Å². The van der Waals surface area contributed by atoms with E-state index < -0.39 is 0 Å². The number of hydrogen-bond acceptors (Lipinski definition) is 5. The molecule has 2 aliphatic rings. The standard InChI is InChI=1S/C12H17FN4O/c1-2-10-11(13)12(15-7-14-10)17-3-8(4-17)16-9-5-18-6-9/h7-9,16H,2-6H2,1H3. The smallest absolute Gasteiger partial charge is 0.187 e. The van der Waals surface area contributed by atoms with Gasteiger partial charge in [-0.15, -0.1) is 0 Å². The van der Waals surface area contributed by atoms with Crippen molar-refractivity contribution < 1.29 is 9.13 Å². The van der Waals surface area contributed by atoms with Gasteiger partial charge in [-0.25, -0.2) is 14.4 Å². The van der Waals surface area contributed by atoms with Crippen molar-refractivity contribution in [2.24, 2.45) is 0 Å². The number of ether oxygens (including phenoxy) is 1. The van der Waals surface area contributed by atoms with Crippen LogP contribution in [-0.2, 0) is 11.2 Å². The third-order valence-electron chi connectivity index (χ3n) is 3.47. The van der Waals surface area contributed by atoms with Crippen LogP contribution >= 0.6 is 0 Å². The topological polar surface area (TPSA) is 50.3 Å². The van der Waals surface area contributed by atoms with Crippen molar-refractivity contribution in [1.29, 1.82) is 0 Å². The lowest BCUT2D eigenvalue weighted by atomic mass is 10.1. The molecule has 6 heteroatoms. The van der Waals surface area contributed by atoms with Crippen LogP contribution in [-0.4, -0.2) is 48.4 Å². The largest absolute Gasteiger partial charge is 0.378 e. The fourth-order valence-corrected chi connectivity index (χ4v) is 2.28. The zero-order chi connectivity index (χ0) is 12.5. The van der Waals surface area contributed by atoms with Gasteiger partial charge in [0.15, 0.2) is 11.6 Å². The fourth-order valence-electron chi connectivity index (χ4n) is 2.28. The summed E-state index contributed by atoms with van der Waals surface area (Å²) in [6.07, 6.45) is 2.04. The molecule has 0 spiro atoms. The Hall–Kier alpha value is -1.27. The van der Waals surface area contributed by atoms with Gasteiger partial charge >= 0.3 is 0 Å². The molecule has 98 valence electrons. The monoisotopic (exact) mass is 252 g/mol. The van der Waals surface area contributed by atoms with Crippen molar-refractivity contribution in [3.63, 3.8) is 0 Å². The molecule has 3 heterocycles. The second kappa shape index (κ2) is 4.78. The summed E-state index contributed by atoms with van der Waals surface area (Å²) in [5, 5.41) is 3.47. The molecule has 3 rings (SSSR count). The van der Waals surface area contributed by atoms with Gasteiger partial charge in [-0.1, -0.05) is 6.92 Å². The molecule has 0 bridgehead atoms. The molecule has 2 saturated heterocycles. The first-order chi connectivity index (χ1) is 8.78. The molecule has 0 atom stereocenters. The lowest BCUT2D eigenvalue weighted by molar-refractivity contribution is -0.0114. The molecule has 1 N–H and O–H groups in total. The molecular weight excluding hydrogens is 235 g/mol. The highest BCUT2D eigenvalue weighted by molar-refractivity contribution is 5.44. The van der Waals surface area contributed by atoms with E-state index in [4.69, 9.17) is 4.74 Å². The van der Waals surface area contributed by atoms with Gasteiger partial charge in [-0.05, 0) is 6.42 Å². The van der Waals surface area contributed by atoms with E-state index in [0.717, 1.165) is 26.3 Å². The molecule has 0 amide bonds. The Morgan fingerprint density at radius 1 is 1.39 bits per heavy atom. The van der Waals surface area contributed by atoms with Gasteiger partial charge in [0.05, 0.1) is 24.9 Å². The maximum absolute atomic E-state index is 14.0. The number of nitrogens with one attached hydrogen (secondary N) is 1. The average Bonchev–Trinajstić information content (AvgIpc) is 2.26. The number of nitrogens with zero attached hydrogens (tertiary/aromatic N) is 3. The van der Waals surface area contributed by atoms with E-state index in [2.05, 4.69) is 15.3 Å². The molecule has 2 aliphatic heterocycles. The molecule has 0 aromatic carbocycles. The first kappa shape index (κ1) is 11.8. The van der Waals surface area contributed by atoms with Crippen LogP contribution < -0.4 is 10.2 Å². The van der Waals surface area contributed by atoms with Crippen molar-refractivity contribution in [2.75, 3.05) is 31.2 Å². The summed E-state index contributed by atoms with van der Waals surface area (Å²) in [5.74, 6) is 0.162. The number of anilines is 1. The first-order valence-electron chi connectivity index (χ1n) is 6.36. The summed E-state index contributed by atoms with van der Waals surface area (Å²) in [4.78, 5) is 9.94. The predicted molar refractivity (Wildman–Crippen MR) is 65.1 cm³/mol. The molecule has 18 heavy (non-hydrogen) atoms. The van der Waals surface area contributed by atoms with Crippen molar-refractivity contribution >= 4 is 5.82 Å². The Morgan fingerprint density at radius 2 is 2.17 bits per heavy atom. The second-order valence-electron chi connectivity index (χ2n) is 4.81. The molecular formula is C12H17FN4O. The van der Waals surface area contributed by atoms with Crippen LogP contribution in [0.15, 0.2) is 6.33 Å². The van der Waals surface area contributed by atoms with E-state index in [1.54, 1.807) is 0 Å². The lowest BCUT2D eigenvalue weighted by Gasteiger charge is -2.43. The number of halogens is 1. The number of aryl methyl sites for hydroxylation is 1. The fraction of sp³-hybridized carbons (Fsp3) is 0.667. The molecule has 0 aliphatic carbocycles. The zero-order valence-electron chi connectivity index (χ0n) is 10.4. The Balaban J connectivity index is 1.60. The second-order valence-corrected chi connectivity index (χ2v) is 4.81. The first-order valence-corrected chi connectivity index (χ1v) is 6.36. The van der Waals surface area contributed by atoms with Gasteiger partial charge in [0.2, 0.25) is 0 Å². The van der Waals surface area contributed by atoms with Crippen LogP contribution in [0, 0.1) is 5.82 Å². The highest BCUT2D eigenvalue weighted by Gasteiger charge is 2.33. The van der Waals surface area contributed by atoms with Crippen molar-refractivity contribution in [3.05, 3.63) is 17.8 Å². The van der Waals surface area contributed by atoms with Crippen LogP contribution in [0.4, 0.5) is 10.2 Å². The summed E-state index contributed by atoms with van der Waals surface area (Å²) in [7, 11) is 0. The van der Waals surface area contributed by atoms with Crippen molar-refractivity contribution in [1.82, 2.24) is 15.3 Å². The molecule has 1 aromatic rings. The third-order valence-corrected chi connectivity index (χ3v) is 3.47. The van der Waals surface area contributed by atoms with E-state index in [1.807, 2.05) is 11.8 Å². The number of aromatic nitrogens is 2. The van der Waals surface area contributed by atoms with E-state index in [1.165, 1.54) is 6.33 Å².